The first kappa shape index (κ1) is 12.4. The largest absolute Gasteiger partial charge is 0.377 e. The van der Waals surface area contributed by atoms with Gasteiger partial charge in [0, 0.05) is 12.9 Å². The molecule has 4 heteroatoms. The minimum absolute atomic E-state index is 0.484. The van der Waals surface area contributed by atoms with Gasteiger partial charge in [-0.15, -0.1) is 0 Å². The van der Waals surface area contributed by atoms with E-state index >= 15 is 0 Å². The summed E-state index contributed by atoms with van der Waals surface area (Å²) in [7, 11) is 0. The van der Waals surface area contributed by atoms with E-state index in [2.05, 4.69) is 0 Å². The van der Waals surface area contributed by atoms with Crippen molar-refractivity contribution in [2.24, 2.45) is 0 Å². The number of rotatable bonds is 7. The van der Waals surface area contributed by atoms with Crippen LogP contribution in [0.2, 0.25) is 0 Å². The van der Waals surface area contributed by atoms with E-state index in [-0.39, 0.29) is 0 Å². The van der Waals surface area contributed by atoms with Crippen molar-refractivity contribution in [3.8, 4) is 0 Å². The fourth-order valence-electron chi connectivity index (χ4n) is 1.10. The Morgan fingerprint density at radius 3 is 2.60 bits per heavy atom. The molecule has 0 saturated carbocycles. The average molecular weight is 228 g/mol. The summed E-state index contributed by atoms with van der Waals surface area (Å²) in [5.41, 5.74) is 1.16. The van der Waals surface area contributed by atoms with Crippen LogP contribution in [0.15, 0.2) is 30.3 Å². The summed E-state index contributed by atoms with van der Waals surface area (Å²) >= 11 is -1.16. The molecular weight excluding hydrogens is 212 g/mol. The van der Waals surface area contributed by atoms with E-state index < -0.39 is 11.1 Å². The van der Waals surface area contributed by atoms with Crippen molar-refractivity contribution in [1.29, 1.82) is 0 Å². The summed E-state index contributed by atoms with van der Waals surface area (Å²) in [5, 5.41) is 0. The summed E-state index contributed by atoms with van der Waals surface area (Å²) < 4.78 is 20.9. The molecule has 1 atom stereocenters. The molecule has 0 amide bonds. The maximum atomic E-state index is 10.5. The van der Waals surface area contributed by atoms with E-state index in [1.54, 1.807) is 0 Å². The van der Waals surface area contributed by atoms with Crippen LogP contribution in [0.25, 0.3) is 0 Å². The Morgan fingerprint density at radius 1 is 1.20 bits per heavy atom. The van der Waals surface area contributed by atoms with Crippen LogP contribution in [0.1, 0.15) is 12.0 Å². The zero-order valence-corrected chi connectivity index (χ0v) is 9.66. The third kappa shape index (κ3) is 6.38. The van der Waals surface area contributed by atoms with Crippen molar-refractivity contribution >= 4 is 11.1 Å². The highest BCUT2D eigenvalue weighted by molar-refractivity contribution is 7.79. The third-order valence-corrected chi connectivity index (χ3v) is 2.29. The second-order valence-electron chi connectivity index (χ2n) is 3.12. The molecule has 0 aliphatic heterocycles. The fraction of sp³-hybridized carbons (Fsp3) is 0.455. The zero-order valence-electron chi connectivity index (χ0n) is 8.85. The van der Waals surface area contributed by atoms with Crippen LogP contribution in [-0.4, -0.2) is 23.7 Å². The molecule has 0 spiro atoms. The molecule has 0 aliphatic carbocycles. The Bertz CT molecular complexity index is 287. The van der Waals surface area contributed by atoms with Gasteiger partial charge >= 0.3 is 0 Å². The number of hydrogen-bond donors (Lipinski definition) is 0. The SMILES string of the molecule is CS(=O)OCCCOCc1ccccc1. The highest BCUT2D eigenvalue weighted by atomic mass is 32.2. The van der Waals surface area contributed by atoms with Gasteiger partial charge in [0.1, 0.15) is 0 Å². The van der Waals surface area contributed by atoms with Crippen LogP contribution >= 0.6 is 0 Å². The van der Waals surface area contributed by atoms with Gasteiger partial charge in [-0.3, -0.25) is 4.18 Å². The number of hydrogen-bond acceptors (Lipinski definition) is 3. The van der Waals surface area contributed by atoms with Gasteiger partial charge < -0.3 is 4.74 Å². The molecule has 0 aliphatic rings. The molecule has 15 heavy (non-hydrogen) atoms. The standard InChI is InChI=1S/C11H16O3S/c1-15(12)14-9-5-8-13-10-11-6-3-2-4-7-11/h2-4,6-7H,5,8-10H2,1H3. The lowest BCUT2D eigenvalue weighted by atomic mass is 10.2. The molecule has 0 bridgehead atoms. The van der Waals surface area contributed by atoms with Crippen molar-refractivity contribution < 1.29 is 13.1 Å². The molecule has 0 aromatic heterocycles. The van der Waals surface area contributed by atoms with E-state index in [1.165, 1.54) is 6.26 Å². The maximum absolute atomic E-state index is 10.5. The first-order valence-corrected chi connectivity index (χ1v) is 6.36. The molecule has 84 valence electrons. The van der Waals surface area contributed by atoms with E-state index in [4.69, 9.17) is 8.92 Å². The lowest BCUT2D eigenvalue weighted by Gasteiger charge is -2.03. The van der Waals surface area contributed by atoms with Crippen LogP contribution in [0.3, 0.4) is 0 Å². The lowest BCUT2D eigenvalue weighted by Crippen LogP contribution is -2.02. The van der Waals surface area contributed by atoms with Crippen molar-refractivity contribution in [3.05, 3.63) is 35.9 Å². The summed E-state index contributed by atoms with van der Waals surface area (Å²) in [6, 6.07) is 10.0. The predicted molar refractivity (Wildman–Crippen MR) is 60.7 cm³/mol. The Morgan fingerprint density at radius 2 is 1.93 bits per heavy atom. The van der Waals surface area contributed by atoms with Crippen LogP contribution in [0, 0.1) is 0 Å². The molecule has 0 heterocycles. The van der Waals surface area contributed by atoms with Gasteiger partial charge in [-0.25, -0.2) is 4.21 Å². The van der Waals surface area contributed by atoms with Crippen LogP contribution in [0.5, 0.6) is 0 Å². The van der Waals surface area contributed by atoms with Gasteiger partial charge in [0.05, 0.1) is 13.2 Å². The highest BCUT2D eigenvalue weighted by Gasteiger charge is 1.93. The summed E-state index contributed by atoms with van der Waals surface area (Å²) in [6.45, 7) is 1.74. The van der Waals surface area contributed by atoms with Gasteiger partial charge in [0.2, 0.25) is 0 Å². The second-order valence-corrected chi connectivity index (χ2v) is 4.15. The van der Waals surface area contributed by atoms with Gasteiger partial charge in [-0.1, -0.05) is 30.3 Å². The third-order valence-electron chi connectivity index (χ3n) is 1.79. The molecule has 1 aromatic carbocycles. The van der Waals surface area contributed by atoms with Crippen molar-refractivity contribution in [3.63, 3.8) is 0 Å². The number of benzene rings is 1. The monoisotopic (exact) mass is 228 g/mol. The fourth-order valence-corrected chi connectivity index (χ4v) is 1.45. The van der Waals surface area contributed by atoms with Crippen molar-refractivity contribution in [2.45, 2.75) is 13.0 Å². The zero-order chi connectivity index (χ0) is 10.9. The minimum atomic E-state index is -1.16. The Hall–Kier alpha value is -0.710. The second kappa shape index (κ2) is 7.56. The number of ether oxygens (including phenoxy) is 1. The summed E-state index contributed by atoms with van der Waals surface area (Å²) in [4.78, 5) is 0. The topological polar surface area (TPSA) is 35.5 Å². The van der Waals surface area contributed by atoms with Crippen LogP contribution in [0.4, 0.5) is 0 Å². The molecule has 1 unspecified atom stereocenters. The molecule has 0 N–H and O–H groups in total. The Labute approximate surface area is 93.1 Å². The molecule has 3 nitrogen and oxygen atoms in total. The molecule has 0 fully saturated rings. The Balaban J connectivity index is 2.00. The normalized spacial score (nSPS) is 12.6. The average Bonchev–Trinajstić information content (AvgIpc) is 2.24. The first-order chi connectivity index (χ1) is 7.29. The van der Waals surface area contributed by atoms with E-state index in [9.17, 15) is 4.21 Å². The molecule has 0 saturated heterocycles. The van der Waals surface area contributed by atoms with Gasteiger partial charge in [0.15, 0.2) is 11.1 Å². The first-order valence-electron chi connectivity index (χ1n) is 4.87. The van der Waals surface area contributed by atoms with E-state index in [0.717, 1.165) is 12.0 Å². The predicted octanol–water partition coefficient (Wildman–Crippen LogP) is 1.90. The van der Waals surface area contributed by atoms with Gasteiger partial charge in [-0.05, 0) is 12.0 Å². The Kier molecular flexibility index (Phi) is 6.23. The van der Waals surface area contributed by atoms with Gasteiger partial charge in [-0.2, -0.15) is 0 Å². The lowest BCUT2D eigenvalue weighted by molar-refractivity contribution is 0.109. The maximum Gasteiger partial charge on any atom is 0.152 e. The molecule has 1 rings (SSSR count). The minimum Gasteiger partial charge on any atom is -0.377 e. The van der Waals surface area contributed by atoms with E-state index in [0.29, 0.717) is 19.8 Å². The molecular formula is C11H16O3S. The van der Waals surface area contributed by atoms with Crippen molar-refractivity contribution in [2.75, 3.05) is 19.5 Å². The smallest absolute Gasteiger partial charge is 0.152 e. The van der Waals surface area contributed by atoms with E-state index in [1.807, 2.05) is 30.3 Å². The van der Waals surface area contributed by atoms with Gasteiger partial charge in [0.25, 0.3) is 0 Å². The summed E-state index contributed by atoms with van der Waals surface area (Å²) in [5.74, 6) is 0. The highest BCUT2D eigenvalue weighted by Crippen LogP contribution is 2.00. The van der Waals surface area contributed by atoms with Crippen LogP contribution in [-0.2, 0) is 26.6 Å². The van der Waals surface area contributed by atoms with Crippen LogP contribution < -0.4 is 0 Å². The summed E-state index contributed by atoms with van der Waals surface area (Å²) in [6.07, 6.45) is 2.29. The molecule has 1 aromatic rings. The quantitative estimate of drug-likeness (QED) is 0.669. The van der Waals surface area contributed by atoms with Crippen molar-refractivity contribution in [1.82, 2.24) is 0 Å². The molecule has 0 radical (unpaired) electrons.